The van der Waals surface area contributed by atoms with E-state index in [0.717, 1.165) is 25.1 Å². The second kappa shape index (κ2) is 11.8. The maximum atomic E-state index is 12.1. The quantitative estimate of drug-likeness (QED) is 0.360. The van der Waals surface area contributed by atoms with Gasteiger partial charge in [0.05, 0.1) is 10.6 Å². The smallest absolute Gasteiger partial charge is 0.252 e. The molecule has 1 aromatic rings. The molecule has 7 heteroatoms. The molecule has 1 aliphatic rings. The molecule has 0 radical (unpaired) electrons. The van der Waals surface area contributed by atoms with Crippen molar-refractivity contribution in [2.45, 2.75) is 38.6 Å². The van der Waals surface area contributed by atoms with Gasteiger partial charge in [-0.05, 0) is 37.9 Å². The number of aliphatic imine (C=N–C) groups is 1. The van der Waals surface area contributed by atoms with Gasteiger partial charge in [-0.25, -0.2) is 0 Å². The molecule has 6 nitrogen and oxygen atoms in total. The van der Waals surface area contributed by atoms with Crippen molar-refractivity contribution in [3.63, 3.8) is 0 Å². The number of carbonyl (C=O) groups excluding carboxylic acids is 1. The molecule has 2 rings (SSSR count). The van der Waals surface area contributed by atoms with Crippen LogP contribution in [0, 0.1) is 0 Å². The van der Waals surface area contributed by atoms with E-state index in [0.29, 0.717) is 23.7 Å². The van der Waals surface area contributed by atoms with Crippen LogP contribution in [0.4, 0.5) is 0 Å². The van der Waals surface area contributed by atoms with Crippen LogP contribution in [0.5, 0.6) is 0 Å². The van der Waals surface area contributed by atoms with Gasteiger partial charge >= 0.3 is 0 Å². The van der Waals surface area contributed by atoms with Gasteiger partial charge < -0.3 is 16.0 Å². The molecule has 1 heterocycles. The first-order chi connectivity index (χ1) is 13.2. The van der Waals surface area contributed by atoms with E-state index in [9.17, 15) is 4.79 Å². The van der Waals surface area contributed by atoms with Crippen molar-refractivity contribution in [1.29, 1.82) is 0 Å². The third-order valence-electron chi connectivity index (χ3n) is 4.96. The summed E-state index contributed by atoms with van der Waals surface area (Å²) in [5.74, 6) is 0.591. The lowest BCUT2D eigenvalue weighted by molar-refractivity contribution is 0.0954. The minimum Gasteiger partial charge on any atom is -0.355 e. The predicted molar refractivity (Wildman–Crippen MR) is 113 cm³/mol. The fourth-order valence-electron chi connectivity index (χ4n) is 3.45. The molecule has 0 aromatic heterocycles. The molecule has 0 aliphatic carbocycles. The van der Waals surface area contributed by atoms with Gasteiger partial charge in [-0.2, -0.15) is 0 Å². The Kier molecular flexibility index (Phi) is 9.42. The summed E-state index contributed by atoms with van der Waals surface area (Å²) in [5.41, 5.74) is 0.494. The van der Waals surface area contributed by atoms with Crippen LogP contribution in [0.15, 0.2) is 29.3 Å². The highest BCUT2D eigenvalue weighted by Crippen LogP contribution is 2.18. The van der Waals surface area contributed by atoms with Crippen LogP contribution < -0.4 is 16.0 Å². The normalized spacial score (nSPS) is 18.2. The Labute approximate surface area is 167 Å². The lowest BCUT2D eigenvalue weighted by Crippen LogP contribution is -2.46. The maximum absolute atomic E-state index is 12.1. The number of piperidine rings is 1. The molecule has 0 spiro atoms. The average molecular weight is 394 g/mol. The van der Waals surface area contributed by atoms with Crippen LogP contribution in [-0.4, -0.2) is 62.6 Å². The van der Waals surface area contributed by atoms with Crippen molar-refractivity contribution < 1.29 is 4.79 Å². The molecule has 0 bridgehead atoms. The van der Waals surface area contributed by atoms with Gasteiger partial charge in [-0.15, -0.1) is 0 Å². The molecular weight excluding hydrogens is 362 g/mol. The molecule has 150 valence electrons. The van der Waals surface area contributed by atoms with Gasteiger partial charge in [-0.3, -0.25) is 14.7 Å². The standard InChI is InChI=1S/C20H32ClN5O/c1-3-16-8-6-7-14-26(16)15-13-25-20(22-2)24-12-11-23-19(27)17-9-4-5-10-18(17)21/h4-5,9-10,16H,3,6-8,11-15H2,1-2H3,(H,23,27)(H2,22,24,25). The van der Waals surface area contributed by atoms with Gasteiger partial charge in [0.15, 0.2) is 5.96 Å². The third kappa shape index (κ3) is 7.03. The van der Waals surface area contributed by atoms with Crippen LogP contribution in [0.2, 0.25) is 5.02 Å². The number of guanidine groups is 1. The van der Waals surface area contributed by atoms with E-state index in [-0.39, 0.29) is 5.91 Å². The molecule has 1 atom stereocenters. The zero-order valence-electron chi connectivity index (χ0n) is 16.4. The van der Waals surface area contributed by atoms with Crippen LogP contribution in [0.1, 0.15) is 43.0 Å². The number of halogens is 1. The fraction of sp³-hybridized carbons (Fsp3) is 0.600. The first-order valence-corrected chi connectivity index (χ1v) is 10.2. The minimum atomic E-state index is -0.166. The minimum absolute atomic E-state index is 0.166. The van der Waals surface area contributed by atoms with E-state index in [2.05, 4.69) is 32.8 Å². The summed E-state index contributed by atoms with van der Waals surface area (Å²) >= 11 is 6.04. The van der Waals surface area contributed by atoms with E-state index in [1.807, 2.05) is 6.07 Å². The zero-order chi connectivity index (χ0) is 19.5. The van der Waals surface area contributed by atoms with Crippen molar-refractivity contribution in [2.75, 3.05) is 39.8 Å². The molecule has 3 N–H and O–H groups in total. The highest BCUT2D eigenvalue weighted by molar-refractivity contribution is 6.33. The first kappa shape index (κ1) is 21.5. The molecule has 1 aromatic carbocycles. The Hall–Kier alpha value is -1.79. The lowest BCUT2D eigenvalue weighted by Gasteiger charge is -2.35. The van der Waals surface area contributed by atoms with Crippen LogP contribution >= 0.6 is 11.6 Å². The number of rotatable bonds is 8. The molecule has 1 amide bonds. The van der Waals surface area contributed by atoms with Crippen molar-refractivity contribution in [3.8, 4) is 0 Å². The topological polar surface area (TPSA) is 68.8 Å². The van der Waals surface area contributed by atoms with Gasteiger partial charge in [0.1, 0.15) is 0 Å². The zero-order valence-corrected chi connectivity index (χ0v) is 17.2. The number of benzene rings is 1. The van der Waals surface area contributed by atoms with E-state index >= 15 is 0 Å². The number of carbonyl (C=O) groups is 1. The summed E-state index contributed by atoms with van der Waals surface area (Å²) in [6.45, 7) is 6.45. The highest BCUT2D eigenvalue weighted by atomic mass is 35.5. The summed E-state index contributed by atoms with van der Waals surface area (Å²) in [4.78, 5) is 18.9. The van der Waals surface area contributed by atoms with Crippen molar-refractivity contribution in [1.82, 2.24) is 20.9 Å². The number of amides is 1. The monoisotopic (exact) mass is 393 g/mol. The van der Waals surface area contributed by atoms with E-state index in [4.69, 9.17) is 11.6 Å². The Balaban J connectivity index is 1.64. The van der Waals surface area contributed by atoms with Gasteiger partial charge in [-0.1, -0.05) is 37.1 Å². The number of likely N-dealkylation sites (tertiary alicyclic amines) is 1. The van der Waals surface area contributed by atoms with Crippen LogP contribution in [-0.2, 0) is 0 Å². The largest absolute Gasteiger partial charge is 0.355 e. The number of nitrogens with one attached hydrogen (secondary N) is 3. The van der Waals surface area contributed by atoms with Crippen LogP contribution in [0.25, 0.3) is 0 Å². The Morgan fingerprint density at radius 1 is 1.19 bits per heavy atom. The van der Waals surface area contributed by atoms with Gasteiger partial charge in [0.25, 0.3) is 5.91 Å². The van der Waals surface area contributed by atoms with Crippen molar-refractivity contribution >= 4 is 23.5 Å². The molecule has 0 saturated carbocycles. The summed E-state index contributed by atoms with van der Waals surface area (Å²) in [7, 11) is 1.76. The summed E-state index contributed by atoms with van der Waals surface area (Å²) in [6, 6.07) is 7.76. The second-order valence-corrected chi connectivity index (χ2v) is 7.16. The molecule has 1 aliphatic heterocycles. The first-order valence-electron chi connectivity index (χ1n) is 9.87. The molecule has 27 heavy (non-hydrogen) atoms. The van der Waals surface area contributed by atoms with E-state index < -0.39 is 0 Å². The predicted octanol–water partition coefficient (Wildman–Crippen LogP) is 2.50. The molecular formula is C20H32ClN5O. The summed E-state index contributed by atoms with van der Waals surface area (Å²) in [6.07, 6.45) is 5.19. The molecule has 1 saturated heterocycles. The van der Waals surface area contributed by atoms with Crippen molar-refractivity contribution in [3.05, 3.63) is 34.9 Å². The summed E-state index contributed by atoms with van der Waals surface area (Å²) in [5, 5.41) is 9.91. The van der Waals surface area contributed by atoms with Crippen LogP contribution in [0.3, 0.4) is 0 Å². The summed E-state index contributed by atoms with van der Waals surface area (Å²) < 4.78 is 0. The molecule has 1 fully saturated rings. The number of hydrogen-bond donors (Lipinski definition) is 3. The maximum Gasteiger partial charge on any atom is 0.252 e. The van der Waals surface area contributed by atoms with Gasteiger partial charge in [0, 0.05) is 39.3 Å². The Bertz CT molecular complexity index is 622. The number of nitrogens with zero attached hydrogens (tertiary/aromatic N) is 2. The fourth-order valence-corrected chi connectivity index (χ4v) is 3.67. The highest BCUT2D eigenvalue weighted by Gasteiger charge is 2.19. The lowest BCUT2D eigenvalue weighted by atomic mass is 10.0. The average Bonchev–Trinajstić information content (AvgIpc) is 2.70. The van der Waals surface area contributed by atoms with Gasteiger partial charge in [0.2, 0.25) is 0 Å². The second-order valence-electron chi connectivity index (χ2n) is 6.76. The number of hydrogen-bond acceptors (Lipinski definition) is 3. The Morgan fingerprint density at radius 3 is 2.67 bits per heavy atom. The van der Waals surface area contributed by atoms with E-state index in [1.54, 1.807) is 25.2 Å². The SMILES string of the molecule is CCC1CCCCN1CCNC(=NC)NCCNC(=O)c1ccccc1Cl. The molecule has 1 unspecified atom stereocenters. The van der Waals surface area contributed by atoms with E-state index in [1.165, 1.54) is 32.2 Å². The Morgan fingerprint density at radius 2 is 1.93 bits per heavy atom. The third-order valence-corrected chi connectivity index (χ3v) is 5.29. The van der Waals surface area contributed by atoms with Crippen molar-refractivity contribution in [2.24, 2.45) is 4.99 Å².